The Morgan fingerprint density at radius 2 is 2.00 bits per heavy atom. The third-order valence-electron chi connectivity index (χ3n) is 3.85. The van der Waals surface area contributed by atoms with E-state index in [-0.39, 0.29) is 11.6 Å². The number of nitrogens with zero attached hydrogens (tertiary/aromatic N) is 5. The van der Waals surface area contributed by atoms with Crippen LogP contribution in [0.15, 0.2) is 16.2 Å². The molecule has 0 bridgehead atoms. The van der Waals surface area contributed by atoms with E-state index in [4.69, 9.17) is 0 Å². The Kier molecular flexibility index (Phi) is 4.02. The molecule has 1 aliphatic heterocycles. The number of fused-ring (bicyclic) bond motifs is 1. The van der Waals surface area contributed by atoms with Gasteiger partial charge in [0, 0.05) is 27.2 Å². The summed E-state index contributed by atoms with van der Waals surface area (Å²) >= 11 is 1.35. The van der Waals surface area contributed by atoms with Crippen molar-refractivity contribution in [3.63, 3.8) is 0 Å². The van der Waals surface area contributed by atoms with E-state index in [0.717, 1.165) is 0 Å². The summed E-state index contributed by atoms with van der Waals surface area (Å²) in [7, 11) is -0.364. The Labute approximate surface area is 132 Å². The molecule has 22 heavy (non-hydrogen) atoms. The number of aromatic nitrogens is 3. The van der Waals surface area contributed by atoms with Crippen LogP contribution in [-0.4, -0.2) is 59.2 Å². The molecule has 10 heteroatoms. The fourth-order valence-corrected chi connectivity index (χ4v) is 4.46. The van der Waals surface area contributed by atoms with Crippen molar-refractivity contribution in [3.8, 4) is 0 Å². The van der Waals surface area contributed by atoms with Gasteiger partial charge in [0.25, 0.3) is 15.8 Å². The first-order valence-electron chi connectivity index (χ1n) is 6.91. The van der Waals surface area contributed by atoms with E-state index in [1.165, 1.54) is 38.7 Å². The summed E-state index contributed by atoms with van der Waals surface area (Å²) in [6.45, 7) is 0.754. The van der Waals surface area contributed by atoms with Gasteiger partial charge in [-0.2, -0.15) is 17.0 Å². The van der Waals surface area contributed by atoms with Crippen molar-refractivity contribution in [3.05, 3.63) is 21.8 Å². The van der Waals surface area contributed by atoms with E-state index in [1.807, 2.05) is 5.38 Å². The smallest absolute Gasteiger partial charge is 0.266 e. The van der Waals surface area contributed by atoms with Crippen LogP contribution in [0.3, 0.4) is 0 Å². The minimum absolute atomic E-state index is 0.111. The summed E-state index contributed by atoms with van der Waals surface area (Å²) in [6.07, 6.45) is 1.11. The maximum absolute atomic E-state index is 12.4. The maximum Gasteiger partial charge on any atom is 0.287 e. The van der Waals surface area contributed by atoms with E-state index < -0.39 is 10.2 Å². The molecule has 2 aromatic rings. The first-order valence-corrected chi connectivity index (χ1v) is 9.19. The summed E-state index contributed by atoms with van der Waals surface area (Å²) in [5.41, 5.74) is 0.466. The number of hydrogen-bond acceptors (Lipinski definition) is 6. The lowest BCUT2D eigenvalue weighted by Crippen LogP contribution is -2.45. The lowest BCUT2D eigenvalue weighted by Gasteiger charge is -2.32. The van der Waals surface area contributed by atoms with Crippen molar-refractivity contribution in [2.45, 2.75) is 18.9 Å². The van der Waals surface area contributed by atoms with Gasteiger partial charge in [0.05, 0.1) is 6.04 Å². The van der Waals surface area contributed by atoms with Crippen LogP contribution in [0.4, 0.5) is 0 Å². The summed E-state index contributed by atoms with van der Waals surface area (Å²) < 4.78 is 28.8. The van der Waals surface area contributed by atoms with E-state index in [0.29, 0.717) is 36.1 Å². The van der Waals surface area contributed by atoms with Gasteiger partial charge < -0.3 is 0 Å². The van der Waals surface area contributed by atoms with Gasteiger partial charge in [-0.25, -0.2) is 4.68 Å². The normalized spacial score (nSPS) is 18.3. The molecular weight excluding hydrogens is 326 g/mol. The molecule has 0 amide bonds. The molecule has 0 spiro atoms. The van der Waals surface area contributed by atoms with Crippen LogP contribution < -0.4 is 5.56 Å². The Morgan fingerprint density at radius 3 is 2.64 bits per heavy atom. The second-order valence-corrected chi connectivity index (χ2v) is 8.45. The summed E-state index contributed by atoms with van der Waals surface area (Å²) in [5, 5.41) is 9.88. The topological polar surface area (TPSA) is 88.4 Å². The molecule has 0 radical (unpaired) electrons. The third-order valence-corrected chi connectivity index (χ3v) is 6.68. The van der Waals surface area contributed by atoms with Crippen molar-refractivity contribution in [2.24, 2.45) is 0 Å². The molecule has 0 N–H and O–H groups in total. The Hall–Kier alpha value is -1.36. The van der Waals surface area contributed by atoms with Crippen molar-refractivity contribution >= 4 is 31.8 Å². The molecular formula is C12H17N5O3S2. The van der Waals surface area contributed by atoms with Crippen molar-refractivity contribution in [1.82, 2.24) is 23.6 Å². The molecule has 1 aliphatic rings. The van der Waals surface area contributed by atoms with Crippen LogP contribution in [0, 0.1) is 0 Å². The van der Waals surface area contributed by atoms with E-state index in [9.17, 15) is 13.2 Å². The van der Waals surface area contributed by atoms with Crippen molar-refractivity contribution in [1.29, 1.82) is 0 Å². The second kappa shape index (κ2) is 5.69. The van der Waals surface area contributed by atoms with Crippen molar-refractivity contribution < 1.29 is 8.42 Å². The summed E-state index contributed by atoms with van der Waals surface area (Å²) in [5.74, 6) is 0. The molecule has 0 unspecified atom stereocenters. The number of thiophene rings is 1. The first kappa shape index (κ1) is 15.5. The van der Waals surface area contributed by atoms with Crippen LogP contribution in [-0.2, 0) is 10.2 Å². The molecule has 1 fully saturated rings. The maximum atomic E-state index is 12.4. The van der Waals surface area contributed by atoms with Crippen molar-refractivity contribution in [2.75, 3.05) is 27.2 Å². The SMILES string of the molecule is CN(C)S(=O)(=O)N1CCC(n2nnc3ccsc3c2=O)CC1. The lowest BCUT2D eigenvalue weighted by molar-refractivity contribution is 0.243. The van der Waals surface area contributed by atoms with Gasteiger partial charge in [-0.1, -0.05) is 5.21 Å². The number of piperidine rings is 1. The average molecular weight is 343 g/mol. The highest BCUT2D eigenvalue weighted by molar-refractivity contribution is 7.86. The molecule has 0 atom stereocenters. The largest absolute Gasteiger partial charge is 0.287 e. The van der Waals surface area contributed by atoms with Crippen LogP contribution in [0.5, 0.6) is 0 Å². The zero-order valence-electron chi connectivity index (χ0n) is 12.3. The monoisotopic (exact) mass is 343 g/mol. The van der Waals surface area contributed by atoms with Gasteiger partial charge in [-0.15, -0.1) is 16.4 Å². The molecule has 0 aliphatic carbocycles. The minimum Gasteiger partial charge on any atom is -0.266 e. The average Bonchev–Trinajstić information content (AvgIpc) is 2.97. The minimum atomic E-state index is -3.40. The zero-order chi connectivity index (χ0) is 15.9. The summed E-state index contributed by atoms with van der Waals surface area (Å²) in [4.78, 5) is 12.4. The molecule has 120 valence electrons. The van der Waals surface area contributed by atoms with Crippen LogP contribution >= 0.6 is 11.3 Å². The molecule has 2 aromatic heterocycles. The highest BCUT2D eigenvalue weighted by Gasteiger charge is 2.31. The van der Waals surface area contributed by atoms with E-state index >= 15 is 0 Å². The predicted molar refractivity (Wildman–Crippen MR) is 84.1 cm³/mol. The first-order chi connectivity index (χ1) is 10.4. The van der Waals surface area contributed by atoms with Gasteiger partial charge >= 0.3 is 0 Å². The molecule has 0 aromatic carbocycles. The number of rotatable bonds is 3. The Bertz CT molecular complexity index is 834. The Morgan fingerprint density at radius 1 is 1.32 bits per heavy atom. The zero-order valence-corrected chi connectivity index (χ0v) is 14.0. The fraction of sp³-hybridized carbons (Fsp3) is 0.583. The van der Waals surface area contributed by atoms with Gasteiger partial charge in [-0.3, -0.25) is 4.79 Å². The molecule has 1 saturated heterocycles. The molecule has 3 heterocycles. The molecule has 8 nitrogen and oxygen atoms in total. The van der Waals surface area contributed by atoms with Crippen LogP contribution in [0.2, 0.25) is 0 Å². The number of hydrogen-bond donors (Lipinski definition) is 0. The molecule has 3 rings (SSSR count). The third kappa shape index (κ3) is 2.56. The van der Waals surface area contributed by atoms with Crippen LogP contribution in [0.25, 0.3) is 10.2 Å². The Balaban J connectivity index is 1.81. The highest BCUT2D eigenvalue weighted by Crippen LogP contribution is 2.23. The quantitative estimate of drug-likeness (QED) is 0.799. The van der Waals surface area contributed by atoms with Crippen LogP contribution in [0.1, 0.15) is 18.9 Å². The van der Waals surface area contributed by atoms with E-state index in [1.54, 1.807) is 6.07 Å². The standard InChI is InChI=1S/C12H17N5O3S2/c1-15(2)22(19,20)16-6-3-9(4-7-16)17-12(18)11-10(13-14-17)5-8-21-11/h5,8-9H,3-4,6-7H2,1-2H3. The lowest BCUT2D eigenvalue weighted by atomic mass is 10.1. The highest BCUT2D eigenvalue weighted by atomic mass is 32.2. The summed E-state index contributed by atoms with van der Waals surface area (Å²) in [6, 6.07) is 1.66. The van der Waals surface area contributed by atoms with E-state index in [2.05, 4.69) is 10.3 Å². The second-order valence-electron chi connectivity index (χ2n) is 5.39. The van der Waals surface area contributed by atoms with Gasteiger partial charge in [0.1, 0.15) is 10.2 Å². The van der Waals surface area contributed by atoms with Gasteiger partial charge in [-0.05, 0) is 24.3 Å². The fourth-order valence-electron chi connectivity index (χ4n) is 2.57. The predicted octanol–water partition coefficient (Wildman–Crippen LogP) is 0.296. The van der Waals surface area contributed by atoms with Gasteiger partial charge in [0.2, 0.25) is 0 Å². The van der Waals surface area contributed by atoms with Gasteiger partial charge in [0.15, 0.2) is 0 Å². The molecule has 0 saturated carbocycles.